The number of hydrogen-bond donors (Lipinski definition) is 0. The van der Waals surface area contributed by atoms with E-state index in [4.69, 9.17) is 4.74 Å². The van der Waals surface area contributed by atoms with Gasteiger partial charge in [-0.05, 0) is 32.4 Å². The molecule has 0 unspecified atom stereocenters. The van der Waals surface area contributed by atoms with E-state index >= 15 is 0 Å². The minimum atomic E-state index is 0.875. The fourth-order valence-corrected chi connectivity index (χ4v) is 2.45. The first-order valence-corrected chi connectivity index (χ1v) is 7.63. The highest BCUT2D eigenvalue weighted by atomic mass is 16.5. The maximum atomic E-state index is 5.57. The molecule has 0 saturated heterocycles. The van der Waals surface area contributed by atoms with Crippen molar-refractivity contribution in [1.29, 1.82) is 0 Å². The number of hydrogen-bond acceptors (Lipinski definition) is 3. The highest BCUT2D eigenvalue weighted by molar-refractivity contribution is 5.59. The SMILES string of the molecule is CCCCN(CC)c1ccc(-n2cnc(C)c2)c(OC)c1. The maximum absolute atomic E-state index is 5.57. The molecule has 114 valence electrons. The van der Waals surface area contributed by atoms with E-state index in [0.29, 0.717) is 0 Å². The van der Waals surface area contributed by atoms with Gasteiger partial charge in [-0.3, -0.25) is 0 Å². The van der Waals surface area contributed by atoms with E-state index in [2.05, 4.69) is 41.9 Å². The summed E-state index contributed by atoms with van der Waals surface area (Å²) in [7, 11) is 1.72. The zero-order chi connectivity index (χ0) is 15.2. The molecular weight excluding hydrogens is 262 g/mol. The van der Waals surface area contributed by atoms with Crippen LogP contribution >= 0.6 is 0 Å². The Morgan fingerprint density at radius 3 is 2.67 bits per heavy atom. The van der Waals surface area contributed by atoms with E-state index in [-0.39, 0.29) is 0 Å². The zero-order valence-electron chi connectivity index (χ0n) is 13.5. The Kier molecular flexibility index (Phi) is 5.26. The topological polar surface area (TPSA) is 30.3 Å². The lowest BCUT2D eigenvalue weighted by molar-refractivity contribution is 0.413. The fraction of sp³-hybridized carbons (Fsp3) is 0.471. The van der Waals surface area contributed by atoms with Gasteiger partial charge >= 0.3 is 0 Å². The Labute approximate surface area is 127 Å². The lowest BCUT2D eigenvalue weighted by Gasteiger charge is -2.24. The number of unbranched alkanes of at least 4 members (excludes halogenated alkanes) is 1. The Hall–Kier alpha value is -1.97. The summed E-state index contributed by atoms with van der Waals surface area (Å²) in [6.45, 7) is 8.49. The van der Waals surface area contributed by atoms with Gasteiger partial charge in [-0.25, -0.2) is 4.98 Å². The van der Waals surface area contributed by atoms with Crippen LogP contribution < -0.4 is 9.64 Å². The lowest BCUT2D eigenvalue weighted by Crippen LogP contribution is -2.23. The van der Waals surface area contributed by atoms with Crippen LogP contribution in [0.15, 0.2) is 30.7 Å². The van der Waals surface area contributed by atoms with Crippen molar-refractivity contribution in [2.24, 2.45) is 0 Å². The van der Waals surface area contributed by atoms with E-state index in [1.165, 1.54) is 18.5 Å². The number of aryl methyl sites for hydroxylation is 1. The number of anilines is 1. The van der Waals surface area contributed by atoms with Crippen LogP contribution in [0.25, 0.3) is 5.69 Å². The van der Waals surface area contributed by atoms with E-state index in [1.54, 1.807) is 7.11 Å². The predicted molar refractivity (Wildman–Crippen MR) is 87.6 cm³/mol. The van der Waals surface area contributed by atoms with Gasteiger partial charge in [0.25, 0.3) is 0 Å². The van der Waals surface area contributed by atoms with Crippen molar-refractivity contribution >= 4 is 5.69 Å². The molecule has 0 radical (unpaired) electrons. The van der Waals surface area contributed by atoms with Crippen LogP contribution in [0.2, 0.25) is 0 Å². The maximum Gasteiger partial charge on any atom is 0.144 e. The molecular formula is C17H25N3O. The van der Waals surface area contributed by atoms with Gasteiger partial charge in [-0.1, -0.05) is 13.3 Å². The quantitative estimate of drug-likeness (QED) is 0.775. The second kappa shape index (κ2) is 7.16. The third kappa shape index (κ3) is 3.57. The molecule has 0 fully saturated rings. The van der Waals surface area contributed by atoms with Gasteiger partial charge in [0.05, 0.1) is 24.8 Å². The van der Waals surface area contributed by atoms with Gasteiger partial charge in [0.2, 0.25) is 0 Å². The first-order valence-electron chi connectivity index (χ1n) is 7.63. The molecule has 0 aliphatic rings. The fourth-order valence-electron chi connectivity index (χ4n) is 2.45. The number of aromatic nitrogens is 2. The first-order chi connectivity index (χ1) is 10.2. The van der Waals surface area contributed by atoms with Gasteiger partial charge < -0.3 is 14.2 Å². The van der Waals surface area contributed by atoms with Gasteiger partial charge in [0, 0.05) is 31.0 Å². The Morgan fingerprint density at radius 1 is 1.29 bits per heavy atom. The normalized spacial score (nSPS) is 10.7. The molecule has 0 atom stereocenters. The minimum Gasteiger partial charge on any atom is -0.494 e. The first kappa shape index (κ1) is 15.4. The van der Waals surface area contributed by atoms with E-state index in [1.807, 2.05) is 24.0 Å². The summed E-state index contributed by atoms with van der Waals surface area (Å²) in [5, 5.41) is 0. The molecule has 4 heteroatoms. The second-order valence-electron chi connectivity index (χ2n) is 5.21. The molecule has 0 spiro atoms. The Bertz CT molecular complexity index is 577. The van der Waals surface area contributed by atoms with Crippen LogP contribution in [0.4, 0.5) is 5.69 Å². The van der Waals surface area contributed by atoms with Crippen molar-refractivity contribution in [2.75, 3.05) is 25.1 Å². The highest BCUT2D eigenvalue weighted by Crippen LogP contribution is 2.29. The Balaban J connectivity index is 2.31. The smallest absolute Gasteiger partial charge is 0.144 e. The molecule has 1 heterocycles. The van der Waals surface area contributed by atoms with Crippen molar-refractivity contribution in [3.05, 3.63) is 36.4 Å². The van der Waals surface area contributed by atoms with Crippen LogP contribution in [0.5, 0.6) is 5.75 Å². The van der Waals surface area contributed by atoms with Crippen LogP contribution in [-0.4, -0.2) is 29.8 Å². The summed E-state index contributed by atoms with van der Waals surface area (Å²) in [5.74, 6) is 0.875. The number of benzene rings is 1. The molecule has 0 saturated carbocycles. The lowest BCUT2D eigenvalue weighted by atomic mass is 10.2. The molecule has 21 heavy (non-hydrogen) atoms. The van der Waals surface area contributed by atoms with Crippen molar-refractivity contribution in [2.45, 2.75) is 33.6 Å². The summed E-state index contributed by atoms with van der Waals surface area (Å²) in [6, 6.07) is 6.38. The van der Waals surface area contributed by atoms with Crippen molar-refractivity contribution in [3.8, 4) is 11.4 Å². The van der Waals surface area contributed by atoms with E-state index in [9.17, 15) is 0 Å². The molecule has 0 amide bonds. The monoisotopic (exact) mass is 287 g/mol. The summed E-state index contributed by atoms with van der Waals surface area (Å²) >= 11 is 0. The van der Waals surface area contributed by atoms with E-state index in [0.717, 1.165) is 30.2 Å². The molecule has 0 N–H and O–H groups in total. The van der Waals surface area contributed by atoms with Crippen LogP contribution in [0.3, 0.4) is 0 Å². The van der Waals surface area contributed by atoms with Crippen LogP contribution in [0, 0.1) is 6.92 Å². The average molecular weight is 287 g/mol. The molecule has 0 aliphatic heterocycles. The van der Waals surface area contributed by atoms with E-state index < -0.39 is 0 Å². The van der Waals surface area contributed by atoms with Gasteiger partial charge in [-0.15, -0.1) is 0 Å². The largest absolute Gasteiger partial charge is 0.494 e. The molecule has 0 bridgehead atoms. The summed E-state index contributed by atoms with van der Waals surface area (Å²) in [6.07, 6.45) is 6.24. The molecule has 1 aromatic heterocycles. The third-order valence-corrected chi connectivity index (χ3v) is 3.68. The van der Waals surface area contributed by atoms with Crippen molar-refractivity contribution < 1.29 is 4.74 Å². The summed E-state index contributed by atoms with van der Waals surface area (Å²) < 4.78 is 7.57. The second-order valence-corrected chi connectivity index (χ2v) is 5.21. The predicted octanol–water partition coefficient (Wildman–Crippen LogP) is 3.82. The van der Waals surface area contributed by atoms with Crippen LogP contribution in [-0.2, 0) is 0 Å². The summed E-state index contributed by atoms with van der Waals surface area (Å²) in [4.78, 5) is 6.66. The van der Waals surface area contributed by atoms with Crippen molar-refractivity contribution in [1.82, 2.24) is 9.55 Å². The number of nitrogens with zero attached hydrogens (tertiary/aromatic N) is 3. The molecule has 0 aliphatic carbocycles. The van der Waals surface area contributed by atoms with Gasteiger partial charge in [0.1, 0.15) is 5.75 Å². The molecule has 2 aromatic rings. The van der Waals surface area contributed by atoms with Gasteiger partial charge in [-0.2, -0.15) is 0 Å². The van der Waals surface area contributed by atoms with Crippen molar-refractivity contribution in [3.63, 3.8) is 0 Å². The summed E-state index contributed by atoms with van der Waals surface area (Å²) in [5.41, 5.74) is 3.23. The number of rotatable bonds is 7. The molecule has 2 rings (SSSR count). The Morgan fingerprint density at radius 2 is 2.10 bits per heavy atom. The minimum absolute atomic E-state index is 0.875. The van der Waals surface area contributed by atoms with Crippen LogP contribution in [0.1, 0.15) is 32.4 Å². The van der Waals surface area contributed by atoms with Gasteiger partial charge in [0.15, 0.2) is 0 Å². The molecule has 1 aromatic carbocycles. The third-order valence-electron chi connectivity index (χ3n) is 3.68. The number of ether oxygens (including phenoxy) is 1. The number of imidazole rings is 1. The standard InChI is InChI=1S/C17H25N3O/c1-5-7-10-19(6-2)15-8-9-16(17(11-15)21-4)20-12-14(3)18-13-20/h8-9,11-13H,5-7,10H2,1-4H3. The number of methoxy groups -OCH3 is 1. The average Bonchev–Trinajstić information content (AvgIpc) is 2.94. The zero-order valence-corrected chi connectivity index (χ0v) is 13.5. The highest BCUT2D eigenvalue weighted by Gasteiger charge is 2.10. The molecule has 4 nitrogen and oxygen atoms in total.